The first-order valence-corrected chi connectivity index (χ1v) is 7.56. The van der Waals surface area contributed by atoms with E-state index in [1.165, 1.54) is 5.56 Å². The zero-order valence-electron chi connectivity index (χ0n) is 11.4. The number of anilines is 2. The van der Waals surface area contributed by atoms with Crippen molar-refractivity contribution < 1.29 is 0 Å². The molecule has 1 fully saturated rings. The van der Waals surface area contributed by atoms with Crippen molar-refractivity contribution in [2.75, 3.05) is 36.0 Å². The highest BCUT2D eigenvalue weighted by Gasteiger charge is 2.21. The Morgan fingerprint density at radius 3 is 2.60 bits per heavy atom. The quantitative estimate of drug-likeness (QED) is 0.850. The van der Waals surface area contributed by atoms with Crippen LogP contribution < -0.4 is 9.80 Å². The Labute approximate surface area is 122 Å². The fourth-order valence-corrected chi connectivity index (χ4v) is 3.36. The summed E-state index contributed by atoms with van der Waals surface area (Å²) >= 11 is 1.68. The molecule has 2 aromatic rings. The molecule has 0 N–H and O–H groups in total. The van der Waals surface area contributed by atoms with Crippen LogP contribution in [-0.4, -0.2) is 31.2 Å². The Bertz CT molecular complexity index is 622. The molecule has 0 saturated carbocycles. The highest BCUT2D eigenvalue weighted by Crippen LogP contribution is 2.27. The van der Waals surface area contributed by atoms with Gasteiger partial charge in [0.2, 0.25) is 0 Å². The van der Waals surface area contributed by atoms with Crippen molar-refractivity contribution in [3.8, 4) is 6.07 Å². The number of thiazole rings is 1. The molecule has 0 aliphatic carbocycles. The number of hydrogen-bond acceptors (Lipinski definition) is 5. The molecule has 0 radical (unpaired) electrons. The van der Waals surface area contributed by atoms with Gasteiger partial charge < -0.3 is 9.80 Å². The van der Waals surface area contributed by atoms with Crippen molar-refractivity contribution >= 4 is 22.2 Å². The minimum Gasteiger partial charge on any atom is -0.367 e. The summed E-state index contributed by atoms with van der Waals surface area (Å²) in [4.78, 5) is 8.99. The molecule has 3 rings (SSSR count). The lowest BCUT2D eigenvalue weighted by atomic mass is 10.1. The van der Waals surface area contributed by atoms with Gasteiger partial charge in [0.15, 0.2) is 5.13 Å². The van der Waals surface area contributed by atoms with Crippen LogP contribution in [0.5, 0.6) is 0 Å². The Balaban J connectivity index is 1.77. The number of benzene rings is 1. The second-order valence-electron chi connectivity index (χ2n) is 4.87. The summed E-state index contributed by atoms with van der Waals surface area (Å²) in [6, 6.07) is 8.23. The number of hydrogen-bond donors (Lipinski definition) is 0. The van der Waals surface area contributed by atoms with Gasteiger partial charge in [-0.3, -0.25) is 0 Å². The summed E-state index contributed by atoms with van der Waals surface area (Å²) in [6.45, 7) is 5.83. The number of nitriles is 1. The largest absolute Gasteiger partial charge is 0.367 e. The molecular formula is C15H16N4S. The molecule has 0 bridgehead atoms. The second kappa shape index (κ2) is 5.51. The number of piperazine rings is 1. The lowest BCUT2D eigenvalue weighted by Gasteiger charge is -2.37. The van der Waals surface area contributed by atoms with E-state index < -0.39 is 0 Å². The van der Waals surface area contributed by atoms with Gasteiger partial charge in [-0.05, 0) is 18.6 Å². The molecular weight excluding hydrogens is 268 g/mol. The Kier molecular flexibility index (Phi) is 3.57. The molecule has 4 nitrogen and oxygen atoms in total. The Hall–Kier alpha value is -2.06. The van der Waals surface area contributed by atoms with Crippen LogP contribution in [0.15, 0.2) is 29.8 Å². The van der Waals surface area contributed by atoms with Crippen molar-refractivity contribution in [3.05, 3.63) is 40.9 Å². The first-order valence-electron chi connectivity index (χ1n) is 6.68. The van der Waals surface area contributed by atoms with Gasteiger partial charge in [-0.1, -0.05) is 12.1 Å². The molecule has 0 atom stereocenters. The maximum atomic E-state index is 9.28. The van der Waals surface area contributed by atoms with E-state index in [1.807, 2.05) is 23.7 Å². The summed E-state index contributed by atoms with van der Waals surface area (Å²) in [7, 11) is 0. The minimum absolute atomic E-state index is 0.771. The fourth-order valence-electron chi connectivity index (χ4n) is 2.66. The van der Waals surface area contributed by atoms with E-state index in [-0.39, 0.29) is 0 Å². The zero-order valence-corrected chi connectivity index (χ0v) is 12.2. The molecule has 20 heavy (non-hydrogen) atoms. The highest BCUT2D eigenvalue weighted by molar-refractivity contribution is 7.13. The van der Waals surface area contributed by atoms with Gasteiger partial charge in [-0.25, -0.2) is 4.98 Å². The summed E-state index contributed by atoms with van der Waals surface area (Å²) < 4.78 is 0. The van der Waals surface area contributed by atoms with Crippen LogP contribution in [0.2, 0.25) is 0 Å². The number of para-hydroxylation sites is 1. The predicted molar refractivity (Wildman–Crippen MR) is 82.4 cm³/mol. The van der Waals surface area contributed by atoms with E-state index >= 15 is 0 Å². The van der Waals surface area contributed by atoms with Crippen molar-refractivity contribution in [1.82, 2.24) is 4.98 Å². The maximum absolute atomic E-state index is 9.28. The van der Waals surface area contributed by atoms with Crippen LogP contribution in [0.25, 0.3) is 0 Å². The molecule has 1 saturated heterocycles. The molecule has 1 aromatic heterocycles. The summed E-state index contributed by atoms with van der Waals surface area (Å²) in [5.41, 5.74) is 3.04. The van der Waals surface area contributed by atoms with Gasteiger partial charge in [-0.15, -0.1) is 11.3 Å². The normalized spacial score (nSPS) is 15.2. The second-order valence-corrected chi connectivity index (χ2v) is 5.74. The van der Waals surface area contributed by atoms with Gasteiger partial charge in [0.25, 0.3) is 0 Å². The van der Waals surface area contributed by atoms with Gasteiger partial charge in [0.1, 0.15) is 6.07 Å². The number of aromatic nitrogens is 1. The number of aryl methyl sites for hydroxylation is 1. The third kappa shape index (κ3) is 2.35. The Morgan fingerprint density at radius 1 is 1.20 bits per heavy atom. The number of nitrogens with zero attached hydrogens (tertiary/aromatic N) is 4. The van der Waals surface area contributed by atoms with Gasteiger partial charge in [0, 0.05) is 37.8 Å². The van der Waals surface area contributed by atoms with E-state index in [0.717, 1.165) is 42.6 Å². The Morgan fingerprint density at radius 2 is 1.95 bits per heavy atom. The van der Waals surface area contributed by atoms with E-state index in [9.17, 15) is 5.26 Å². The van der Waals surface area contributed by atoms with Crippen LogP contribution in [0, 0.1) is 18.3 Å². The molecule has 1 aromatic carbocycles. The van der Waals surface area contributed by atoms with Crippen LogP contribution in [0.3, 0.4) is 0 Å². The maximum Gasteiger partial charge on any atom is 0.185 e. The average Bonchev–Trinajstić information content (AvgIpc) is 3.01. The van der Waals surface area contributed by atoms with Crippen LogP contribution in [-0.2, 0) is 0 Å². The summed E-state index contributed by atoms with van der Waals surface area (Å²) in [6.07, 6.45) is 1.85. The van der Waals surface area contributed by atoms with Gasteiger partial charge in [-0.2, -0.15) is 5.26 Å². The highest BCUT2D eigenvalue weighted by atomic mass is 32.1. The van der Waals surface area contributed by atoms with E-state index in [0.29, 0.717) is 0 Å². The van der Waals surface area contributed by atoms with E-state index in [4.69, 9.17) is 0 Å². The van der Waals surface area contributed by atoms with Crippen molar-refractivity contribution in [2.24, 2.45) is 0 Å². The van der Waals surface area contributed by atoms with Crippen molar-refractivity contribution in [1.29, 1.82) is 5.26 Å². The van der Waals surface area contributed by atoms with Crippen LogP contribution in [0.1, 0.15) is 11.1 Å². The third-order valence-electron chi connectivity index (χ3n) is 3.64. The molecule has 102 valence electrons. The van der Waals surface area contributed by atoms with E-state index in [1.54, 1.807) is 11.3 Å². The van der Waals surface area contributed by atoms with Gasteiger partial charge >= 0.3 is 0 Å². The summed E-state index contributed by atoms with van der Waals surface area (Å²) in [5, 5.41) is 12.4. The van der Waals surface area contributed by atoms with Crippen LogP contribution in [0.4, 0.5) is 10.8 Å². The molecule has 0 amide bonds. The van der Waals surface area contributed by atoms with Crippen LogP contribution >= 0.6 is 11.3 Å². The molecule has 1 aliphatic rings. The fraction of sp³-hybridized carbons (Fsp3) is 0.333. The van der Waals surface area contributed by atoms with Crippen molar-refractivity contribution in [3.63, 3.8) is 0 Å². The topological polar surface area (TPSA) is 43.2 Å². The van der Waals surface area contributed by atoms with Crippen molar-refractivity contribution in [2.45, 2.75) is 6.92 Å². The number of rotatable bonds is 2. The molecule has 0 spiro atoms. The standard InChI is InChI=1S/C15H16N4S/c1-12-3-2-4-13(11-16)14(12)18-6-8-19(9-7-18)15-17-5-10-20-15/h2-5,10H,6-9H2,1H3. The smallest absolute Gasteiger partial charge is 0.185 e. The van der Waals surface area contributed by atoms with Gasteiger partial charge in [0.05, 0.1) is 11.3 Å². The molecule has 5 heteroatoms. The lowest BCUT2D eigenvalue weighted by Crippen LogP contribution is -2.47. The van der Waals surface area contributed by atoms with E-state index in [2.05, 4.69) is 33.8 Å². The third-order valence-corrected chi connectivity index (χ3v) is 4.48. The minimum atomic E-state index is 0.771. The molecule has 0 unspecified atom stereocenters. The first-order chi connectivity index (χ1) is 9.79. The molecule has 1 aliphatic heterocycles. The lowest BCUT2D eigenvalue weighted by molar-refractivity contribution is 0.650. The predicted octanol–water partition coefficient (Wildman–Crippen LogP) is 2.65. The average molecular weight is 284 g/mol. The zero-order chi connectivity index (χ0) is 13.9. The SMILES string of the molecule is Cc1cccc(C#N)c1N1CCN(c2nccs2)CC1. The summed E-state index contributed by atoms with van der Waals surface area (Å²) in [5.74, 6) is 0. The monoisotopic (exact) mass is 284 g/mol. The first kappa shape index (κ1) is 12.9. The molecule has 2 heterocycles.